The van der Waals surface area contributed by atoms with E-state index in [9.17, 15) is 0 Å². The van der Waals surface area contributed by atoms with Crippen LogP contribution in [0.5, 0.6) is 5.75 Å². The molecule has 0 spiro atoms. The number of aryl methyl sites for hydroxylation is 1. The summed E-state index contributed by atoms with van der Waals surface area (Å²) >= 11 is 1.67. The highest BCUT2D eigenvalue weighted by Gasteiger charge is 2.03. The Morgan fingerprint density at radius 2 is 2.07 bits per heavy atom. The number of aromatic hydroxyl groups is 1. The van der Waals surface area contributed by atoms with E-state index in [1.54, 1.807) is 23.9 Å². The van der Waals surface area contributed by atoms with E-state index in [0.29, 0.717) is 0 Å². The van der Waals surface area contributed by atoms with Crippen molar-refractivity contribution in [1.82, 2.24) is 4.98 Å². The fourth-order valence-electron chi connectivity index (χ4n) is 1.16. The number of hydrogen-bond donors (Lipinski definition) is 1. The highest BCUT2D eigenvalue weighted by molar-refractivity contribution is 7.98. The minimum atomic E-state index is 0.289. The lowest BCUT2D eigenvalue weighted by molar-refractivity contribution is 0.475. The predicted octanol–water partition coefficient (Wildman–Crippen LogP) is 2.98. The summed E-state index contributed by atoms with van der Waals surface area (Å²) in [6.07, 6.45) is 1.46. The second kappa shape index (κ2) is 4.40. The predicted molar refractivity (Wildman–Crippen MR) is 58.9 cm³/mol. The van der Waals surface area contributed by atoms with Crippen LogP contribution in [-0.4, -0.2) is 10.1 Å². The van der Waals surface area contributed by atoms with Crippen molar-refractivity contribution in [2.75, 3.05) is 0 Å². The monoisotopic (exact) mass is 221 g/mol. The first-order chi connectivity index (χ1) is 7.25. The van der Waals surface area contributed by atoms with Gasteiger partial charge >= 0.3 is 0 Å². The minimum Gasteiger partial charge on any atom is -0.508 e. The number of thioether (sulfide) groups is 1. The molecule has 0 amide bonds. The molecule has 0 unspecified atom stereocenters. The number of aromatic nitrogens is 1. The number of phenolic OH excluding ortho intramolecular Hbond substituents is 1. The van der Waals surface area contributed by atoms with Gasteiger partial charge in [-0.25, -0.2) is 4.98 Å². The van der Waals surface area contributed by atoms with E-state index in [0.717, 1.165) is 22.1 Å². The lowest BCUT2D eigenvalue weighted by atomic mass is 10.3. The Morgan fingerprint density at radius 1 is 1.33 bits per heavy atom. The summed E-state index contributed by atoms with van der Waals surface area (Å²) in [6, 6.07) is 7.13. The van der Waals surface area contributed by atoms with Crippen molar-refractivity contribution in [3.63, 3.8) is 0 Å². The first kappa shape index (κ1) is 10.1. The molecular weight excluding hydrogens is 210 g/mol. The standard InChI is InChI=1S/C11H11NO2S/c1-8-11(12-7-14-8)6-15-10-4-2-9(13)3-5-10/h2-5,7,13H,6H2,1H3. The van der Waals surface area contributed by atoms with Crippen LogP contribution < -0.4 is 0 Å². The Hall–Kier alpha value is -1.42. The first-order valence-corrected chi connectivity index (χ1v) is 5.55. The molecule has 0 radical (unpaired) electrons. The van der Waals surface area contributed by atoms with Gasteiger partial charge in [0.2, 0.25) is 0 Å². The average molecular weight is 221 g/mol. The average Bonchev–Trinajstić information content (AvgIpc) is 2.63. The van der Waals surface area contributed by atoms with Crippen LogP contribution in [0.1, 0.15) is 11.5 Å². The molecule has 0 saturated heterocycles. The van der Waals surface area contributed by atoms with Crippen LogP contribution in [0.2, 0.25) is 0 Å². The van der Waals surface area contributed by atoms with Crippen LogP contribution >= 0.6 is 11.8 Å². The molecule has 3 nitrogen and oxygen atoms in total. The summed E-state index contributed by atoms with van der Waals surface area (Å²) in [4.78, 5) is 5.22. The third kappa shape index (κ3) is 2.53. The maximum absolute atomic E-state index is 9.12. The van der Waals surface area contributed by atoms with Gasteiger partial charge in [0.25, 0.3) is 0 Å². The zero-order chi connectivity index (χ0) is 10.7. The molecule has 4 heteroatoms. The Morgan fingerprint density at radius 3 is 2.67 bits per heavy atom. The van der Waals surface area contributed by atoms with Crippen molar-refractivity contribution in [1.29, 1.82) is 0 Å². The molecule has 1 heterocycles. The van der Waals surface area contributed by atoms with Gasteiger partial charge in [-0.3, -0.25) is 0 Å². The molecule has 0 bridgehead atoms. The van der Waals surface area contributed by atoms with Crippen LogP contribution in [0.25, 0.3) is 0 Å². The van der Waals surface area contributed by atoms with E-state index in [4.69, 9.17) is 9.52 Å². The molecule has 0 aliphatic heterocycles. The summed E-state index contributed by atoms with van der Waals surface area (Å²) < 4.78 is 5.11. The Bertz CT molecular complexity index is 436. The number of oxazole rings is 1. The zero-order valence-electron chi connectivity index (χ0n) is 8.30. The minimum absolute atomic E-state index is 0.289. The van der Waals surface area contributed by atoms with Crippen molar-refractivity contribution in [2.24, 2.45) is 0 Å². The fraction of sp³-hybridized carbons (Fsp3) is 0.182. The third-order valence-electron chi connectivity index (χ3n) is 2.06. The molecule has 1 N–H and O–H groups in total. The molecule has 2 rings (SSSR count). The van der Waals surface area contributed by atoms with Gasteiger partial charge in [-0.2, -0.15) is 0 Å². The van der Waals surface area contributed by atoms with Gasteiger partial charge in [0, 0.05) is 10.6 Å². The van der Waals surface area contributed by atoms with Crippen LogP contribution in [-0.2, 0) is 5.75 Å². The number of rotatable bonds is 3. The smallest absolute Gasteiger partial charge is 0.181 e. The highest BCUT2D eigenvalue weighted by atomic mass is 32.2. The van der Waals surface area contributed by atoms with E-state index in [1.807, 2.05) is 19.1 Å². The quantitative estimate of drug-likeness (QED) is 0.809. The molecule has 2 aromatic rings. The van der Waals surface area contributed by atoms with Gasteiger partial charge in [0.1, 0.15) is 11.5 Å². The molecule has 0 aliphatic rings. The molecule has 0 atom stereocenters. The topological polar surface area (TPSA) is 46.3 Å². The van der Waals surface area contributed by atoms with Crippen LogP contribution in [0, 0.1) is 6.92 Å². The molecule has 0 fully saturated rings. The summed E-state index contributed by atoms with van der Waals surface area (Å²) in [5.41, 5.74) is 0.966. The van der Waals surface area contributed by atoms with Gasteiger partial charge in [-0.05, 0) is 31.2 Å². The summed E-state index contributed by atoms with van der Waals surface area (Å²) in [6.45, 7) is 1.90. The number of hydrogen-bond acceptors (Lipinski definition) is 4. The van der Waals surface area contributed by atoms with Crippen molar-refractivity contribution in [3.05, 3.63) is 42.1 Å². The van der Waals surface area contributed by atoms with E-state index in [1.165, 1.54) is 6.39 Å². The van der Waals surface area contributed by atoms with E-state index in [2.05, 4.69) is 4.98 Å². The van der Waals surface area contributed by atoms with Crippen molar-refractivity contribution >= 4 is 11.8 Å². The van der Waals surface area contributed by atoms with Crippen molar-refractivity contribution < 1.29 is 9.52 Å². The molecule has 0 aliphatic carbocycles. The summed E-state index contributed by atoms with van der Waals surface area (Å²) in [5.74, 6) is 1.94. The second-order valence-corrected chi connectivity index (χ2v) is 4.19. The lowest BCUT2D eigenvalue weighted by Crippen LogP contribution is -1.83. The summed E-state index contributed by atoms with van der Waals surface area (Å²) in [5, 5.41) is 9.12. The van der Waals surface area contributed by atoms with Gasteiger partial charge in [0.15, 0.2) is 6.39 Å². The molecular formula is C11H11NO2S. The molecule has 78 valence electrons. The number of nitrogens with zero attached hydrogens (tertiary/aromatic N) is 1. The maximum Gasteiger partial charge on any atom is 0.181 e. The largest absolute Gasteiger partial charge is 0.508 e. The van der Waals surface area contributed by atoms with Crippen molar-refractivity contribution in [2.45, 2.75) is 17.6 Å². The van der Waals surface area contributed by atoms with E-state index in [-0.39, 0.29) is 5.75 Å². The zero-order valence-corrected chi connectivity index (χ0v) is 9.12. The first-order valence-electron chi connectivity index (χ1n) is 4.56. The normalized spacial score (nSPS) is 10.5. The Balaban J connectivity index is 1.99. The number of benzene rings is 1. The summed E-state index contributed by atoms with van der Waals surface area (Å²) in [7, 11) is 0. The molecule has 15 heavy (non-hydrogen) atoms. The van der Waals surface area contributed by atoms with Gasteiger partial charge < -0.3 is 9.52 Å². The van der Waals surface area contributed by atoms with Gasteiger partial charge in [-0.1, -0.05) is 0 Å². The van der Waals surface area contributed by atoms with Crippen LogP contribution in [0.4, 0.5) is 0 Å². The third-order valence-corrected chi connectivity index (χ3v) is 3.08. The van der Waals surface area contributed by atoms with E-state index < -0.39 is 0 Å². The SMILES string of the molecule is Cc1ocnc1CSc1ccc(O)cc1. The van der Waals surface area contributed by atoms with Gasteiger partial charge in [0.05, 0.1) is 5.69 Å². The molecule has 0 saturated carbocycles. The van der Waals surface area contributed by atoms with Crippen molar-refractivity contribution in [3.8, 4) is 5.75 Å². The molecule has 1 aromatic heterocycles. The Kier molecular flexibility index (Phi) is 2.97. The molecule has 1 aromatic carbocycles. The lowest BCUT2D eigenvalue weighted by Gasteiger charge is -1.99. The maximum atomic E-state index is 9.12. The highest BCUT2D eigenvalue weighted by Crippen LogP contribution is 2.24. The van der Waals surface area contributed by atoms with Crippen LogP contribution in [0.3, 0.4) is 0 Å². The Labute approximate surface area is 92.1 Å². The second-order valence-electron chi connectivity index (χ2n) is 3.14. The van der Waals surface area contributed by atoms with E-state index >= 15 is 0 Å². The number of phenols is 1. The van der Waals surface area contributed by atoms with Gasteiger partial charge in [-0.15, -0.1) is 11.8 Å². The fourth-order valence-corrected chi connectivity index (χ4v) is 2.07. The van der Waals surface area contributed by atoms with Crippen LogP contribution in [0.15, 0.2) is 40.0 Å².